The summed E-state index contributed by atoms with van der Waals surface area (Å²) in [6.45, 7) is 6.04. The minimum atomic E-state index is -0.189. The van der Waals surface area contributed by atoms with Gasteiger partial charge in [-0.2, -0.15) is 0 Å². The highest BCUT2D eigenvalue weighted by atomic mass is 79.9. The Balaban J connectivity index is 2.12. The molecule has 2 unspecified atom stereocenters. The van der Waals surface area contributed by atoms with Crippen molar-refractivity contribution in [2.24, 2.45) is 0 Å². The average molecular weight is 343 g/mol. The zero-order valence-corrected chi connectivity index (χ0v) is 13.5. The summed E-state index contributed by atoms with van der Waals surface area (Å²) in [5.74, 6) is -0.189. The fourth-order valence-electron chi connectivity index (χ4n) is 1.95. The molecule has 5 heteroatoms. The molecule has 2 nitrogen and oxygen atoms in total. The van der Waals surface area contributed by atoms with Crippen LogP contribution in [0.3, 0.4) is 0 Å². The second-order valence-corrected chi connectivity index (χ2v) is 6.77. The van der Waals surface area contributed by atoms with Gasteiger partial charge in [0.1, 0.15) is 10.8 Å². The van der Waals surface area contributed by atoms with Crippen molar-refractivity contribution < 1.29 is 4.39 Å². The molecule has 0 aliphatic rings. The summed E-state index contributed by atoms with van der Waals surface area (Å²) in [6, 6.07) is 5.03. The monoisotopic (exact) mass is 342 g/mol. The lowest BCUT2D eigenvalue weighted by molar-refractivity contribution is 0.472. The summed E-state index contributed by atoms with van der Waals surface area (Å²) in [5, 5.41) is 4.41. The van der Waals surface area contributed by atoms with Crippen LogP contribution in [0.5, 0.6) is 0 Å². The maximum Gasteiger partial charge on any atom is 0.128 e. The highest BCUT2D eigenvalue weighted by Crippen LogP contribution is 2.25. The lowest BCUT2D eigenvalue weighted by atomic mass is 10.1. The molecule has 0 aliphatic carbocycles. The molecule has 102 valence electrons. The van der Waals surface area contributed by atoms with E-state index >= 15 is 0 Å². The summed E-state index contributed by atoms with van der Waals surface area (Å²) in [5.41, 5.74) is 0.662. The van der Waals surface area contributed by atoms with E-state index in [9.17, 15) is 4.39 Å². The van der Waals surface area contributed by atoms with Gasteiger partial charge >= 0.3 is 0 Å². The Morgan fingerprint density at radius 1 is 1.32 bits per heavy atom. The van der Waals surface area contributed by atoms with Crippen molar-refractivity contribution in [3.05, 3.63) is 50.1 Å². The second-order valence-electron chi connectivity index (χ2n) is 4.59. The molecule has 0 radical (unpaired) electrons. The van der Waals surface area contributed by atoms with Gasteiger partial charge in [0, 0.05) is 27.2 Å². The van der Waals surface area contributed by atoms with E-state index in [1.807, 2.05) is 33.0 Å². The average Bonchev–Trinajstić information content (AvgIpc) is 2.79. The van der Waals surface area contributed by atoms with Crippen LogP contribution < -0.4 is 5.32 Å². The number of hydrogen-bond donors (Lipinski definition) is 1. The minimum Gasteiger partial charge on any atom is -0.301 e. The zero-order valence-electron chi connectivity index (χ0n) is 11.1. The van der Waals surface area contributed by atoms with Crippen LogP contribution >= 0.6 is 27.3 Å². The Labute approximate surface area is 125 Å². The Bertz CT molecular complexity index is 570. The number of halogens is 2. The van der Waals surface area contributed by atoms with Crippen molar-refractivity contribution >= 4 is 27.3 Å². The molecule has 2 atom stereocenters. The van der Waals surface area contributed by atoms with E-state index in [1.54, 1.807) is 17.4 Å². The molecule has 1 N–H and O–H groups in total. The van der Waals surface area contributed by atoms with E-state index in [0.29, 0.717) is 5.56 Å². The third-order valence-corrected chi connectivity index (χ3v) is 4.52. The predicted octanol–water partition coefficient (Wildman–Crippen LogP) is 4.76. The van der Waals surface area contributed by atoms with E-state index in [0.717, 1.165) is 9.48 Å². The lowest BCUT2D eigenvalue weighted by Crippen LogP contribution is -2.23. The van der Waals surface area contributed by atoms with Crippen molar-refractivity contribution in [2.45, 2.75) is 32.9 Å². The third kappa shape index (κ3) is 3.61. The molecule has 0 amide bonds. The Morgan fingerprint density at radius 3 is 2.68 bits per heavy atom. The van der Waals surface area contributed by atoms with E-state index in [1.165, 1.54) is 10.9 Å². The van der Waals surface area contributed by atoms with Crippen molar-refractivity contribution in [2.75, 3.05) is 0 Å². The maximum atomic E-state index is 13.8. The Hall–Kier alpha value is -0.780. The largest absolute Gasteiger partial charge is 0.301 e. The van der Waals surface area contributed by atoms with E-state index in [-0.39, 0.29) is 17.9 Å². The molecule has 0 saturated heterocycles. The highest BCUT2D eigenvalue weighted by Gasteiger charge is 2.16. The summed E-state index contributed by atoms with van der Waals surface area (Å²) in [7, 11) is 0. The van der Waals surface area contributed by atoms with Crippen molar-refractivity contribution in [1.29, 1.82) is 0 Å². The quantitative estimate of drug-likeness (QED) is 0.865. The van der Waals surface area contributed by atoms with Gasteiger partial charge in [0.15, 0.2) is 0 Å². The zero-order chi connectivity index (χ0) is 14.0. The molecule has 2 rings (SSSR count). The molecule has 0 bridgehead atoms. The van der Waals surface area contributed by atoms with Crippen LogP contribution in [0.4, 0.5) is 4.39 Å². The van der Waals surface area contributed by atoms with Gasteiger partial charge in [-0.15, -0.1) is 11.3 Å². The lowest BCUT2D eigenvalue weighted by Gasteiger charge is -2.19. The SMILES string of the molecule is Cc1cnc(C(C)NC(C)c2cc(Br)ccc2F)s1. The molecule has 19 heavy (non-hydrogen) atoms. The van der Waals surface area contributed by atoms with Gasteiger partial charge in [-0.05, 0) is 39.0 Å². The number of aromatic nitrogens is 1. The van der Waals surface area contributed by atoms with Crippen molar-refractivity contribution in [1.82, 2.24) is 10.3 Å². The first kappa shape index (κ1) is 14.6. The fraction of sp³-hybridized carbons (Fsp3) is 0.357. The molecular formula is C14H16BrFN2S. The molecule has 0 spiro atoms. The second kappa shape index (κ2) is 6.11. The predicted molar refractivity (Wildman–Crippen MR) is 80.9 cm³/mol. The van der Waals surface area contributed by atoms with E-state index in [4.69, 9.17) is 0 Å². The number of nitrogens with zero attached hydrogens (tertiary/aromatic N) is 1. The summed E-state index contributed by atoms with van der Waals surface area (Å²) in [4.78, 5) is 5.54. The van der Waals surface area contributed by atoms with Crippen LogP contribution in [-0.2, 0) is 0 Å². The van der Waals surface area contributed by atoms with Gasteiger partial charge in [0.05, 0.1) is 6.04 Å². The Morgan fingerprint density at radius 2 is 2.05 bits per heavy atom. The first-order valence-electron chi connectivity index (χ1n) is 6.10. The molecular weight excluding hydrogens is 327 g/mol. The number of benzene rings is 1. The maximum absolute atomic E-state index is 13.8. The van der Waals surface area contributed by atoms with E-state index < -0.39 is 0 Å². The number of rotatable bonds is 4. The Kier molecular flexibility index (Phi) is 4.71. The first-order chi connectivity index (χ1) is 8.97. The van der Waals surface area contributed by atoms with E-state index in [2.05, 4.69) is 26.2 Å². The standard InChI is InChI=1S/C14H16BrFN2S/c1-8-7-17-14(19-8)10(3)18-9(2)12-6-11(15)4-5-13(12)16/h4-7,9-10,18H,1-3H3. The molecule has 0 saturated carbocycles. The van der Waals surface area contributed by atoms with Crippen LogP contribution in [0.25, 0.3) is 0 Å². The molecule has 1 aromatic carbocycles. The number of nitrogens with one attached hydrogen (secondary N) is 1. The molecule has 1 aromatic heterocycles. The van der Waals surface area contributed by atoms with Gasteiger partial charge < -0.3 is 5.32 Å². The van der Waals surface area contributed by atoms with Crippen LogP contribution in [-0.4, -0.2) is 4.98 Å². The molecule has 1 heterocycles. The minimum absolute atomic E-state index is 0.0725. The number of hydrogen-bond acceptors (Lipinski definition) is 3. The van der Waals surface area contributed by atoms with Gasteiger partial charge in [-0.3, -0.25) is 0 Å². The summed E-state index contributed by atoms with van der Waals surface area (Å²) >= 11 is 5.04. The number of thiazole rings is 1. The highest BCUT2D eigenvalue weighted by molar-refractivity contribution is 9.10. The summed E-state index contributed by atoms with van der Waals surface area (Å²) < 4.78 is 14.7. The van der Waals surface area contributed by atoms with Crippen LogP contribution in [0, 0.1) is 12.7 Å². The topological polar surface area (TPSA) is 24.9 Å². The normalized spacial score (nSPS) is 14.4. The first-order valence-corrected chi connectivity index (χ1v) is 7.71. The van der Waals surface area contributed by atoms with Gasteiger partial charge in [0.2, 0.25) is 0 Å². The molecule has 2 aromatic rings. The van der Waals surface area contributed by atoms with Gasteiger partial charge in [0.25, 0.3) is 0 Å². The fourth-order valence-corrected chi connectivity index (χ4v) is 3.12. The molecule has 0 aliphatic heterocycles. The third-order valence-electron chi connectivity index (χ3n) is 2.93. The van der Waals surface area contributed by atoms with Crippen LogP contribution in [0.15, 0.2) is 28.9 Å². The van der Waals surface area contributed by atoms with Crippen LogP contribution in [0.2, 0.25) is 0 Å². The van der Waals surface area contributed by atoms with Crippen molar-refractivity contribution in [3.63, 3.8) is 0 Å². The number of aryl methyl sites for hydroxylation is 1. The van der Waals surface area contributed by atoms with Gasteiger partial charge in [-0.25, -0.2) is 9.37 Å². The van der Waals surface area contributed by atoms with Crippen molar-refractivity contribution in [3.8, 4) is 0 Å². The smallest absolute Gasteiger partial charge is 0.128 e. The molecule has 0 fully saturated rings. The summed E-state index contributed by atoms with van der Waals surface area (Å²) in [6.07, 6.45) is 1.86. The van der Waals surface area contributed by atoms with Gasteiger partial charge in [-0.1, -0.05) is 15.9 Å². The van der Waals surface area contributed by atoms with Crippen LogP contribution in [0.1, 0.15) is 41.4 Å².